The van der Waals surface area contributed by atoms with Crippen molar-refractivity contribution in [2.75, 3.05) is 11.4 Å². The van der Waals surface area contributed by atoms with Crippen molar-refractivity contribution in [1.29, 1.82) is 0 Å². The molecule has 208 valence electrons. The van der Waals surface area contributed by atoms with Gasteiger partial charge < -0.3 is 30.2 Å². The molecule has 2 aromatic carbocycles. The standard InChI is InChI=1S/C29H42N4O5/c1-10-33(24(30)31-25(34)37-27(2,3)4)21-16-17-23(36-19-20-14-12-11-13-15-20)22(18-21)29(8,9)32-26(35)38-28(5,6)7/h11-18H,10,19H2,1-9H3,(H,32,35)(H2,30,31,34). The Hall–Kier alpha value is -3.75. The predicted octanol–water partition coefficient (Wildman–Crippen LogP) is 6.10. The Balaban J connectivity index is 2.46. The van der Waals surface area contributed by atoms with Crippen LogP contribution in [-0.4, -0.2) is 35.9 Å². The van der Waals surface area contributed by atoms with Crippen LogP contribution in [-0.2, 0) is 21.6 Å². The summed E-state index contributed by atoms with van der Waals surface area (Å²) >= 11 is 0. The molecule has 0 saturated carbocycles. The number of aliphatic imine (C=N–C) groups is 1. The van der Waals surface area contributed by atoms with Crippen molar-refractivity contribution in [2.45, 2.75) is 85.7 Å². The molecule has 0 aliphatic carbocycles. The molecule has 2 rings (SSSR count). The topological polar surface area (TPSA) is 115 Å². The maximum Gasteiger partial charge on any atom is 0.437 e. The minimum Gasteiger partial charge on any atom is -0.489 e. The molecule has 9 heteroatoms. The molecule has 2 aromatic rings. The van der Waals surface area contributed by atoms with E-state index < -0.39 is 28.9 Å². The predicted molar refractivity (Wildman–Crippen MR) is 150 cm³/mol. The minimum atomic E-state index is -0.888. The minimum absolute atomic E-state index is 0.0106. The lowest BCUT2D eigenvalue weighted by molar-refractivity contribution is 0.0468. The number of nitrogens with zero attached hydrogens (tertiary/aromatic N) is 2. The van der Waals surface area contributed by atoms with E-state index in [0.29, 0.717) is 30.2 Å². The van der Waals surface area contributed by atoms with E-state index >= 15 is 0 Å². The average Bonchev–Trinajstić information content (AvgIpc) is 2.76. The number of hydrogen-bond donors (Lipinski definition) is 2. The number of carbonyl (C=O) groups excluding carboxylic acids is 2. The van der Waals surface area contributed by atoms with Crippen molar-refractivity contribution < 1.29 is 23.8 Å². The first-order valence-electron chi connectivity index (χ1n) is 12.7. The molecule has 0 fully saturated rings. The van der Waals surface area contributed by atoms with Gasteiger partial charge in [-0.15, -0.1) is 4.99 Å². The number of anilines is 1. The zero-order chi connectivity index (χ0) is 28.7. The van der Waals surface area contributed by atoms with Gasteiger partial charge in [-0.25, -0.2) is 9.59 Å². The number of benzene rings is 2. The zero-order valence-electron chi connectivity index (χ0n) is 24.0. The molecule has 0 unspecified atom stereocenters. The number of guanidine groups is 1. The maximum absolute atomic E-state index is 12.7. The summed E-state index contributed by atoms with van der Waals surface area (Å²) in [4.78, 5) is 30.5. The molecule has 0 radical (unpaired) electrons. The Kier molecular flexibility index (Phi) is 9.78. The van der Waals surface area contributed by atoms with Gasteiger partial charge >= 0.3 is 12.2 Å². The van der Waals surface area contributed by atoms with E-state index in [-0.39, 0.29) is 5.96 Å². The van der Waals surface area contributed by atoms with Gasteiger partial charge in [0.05, 0.1) is 5.54 Å². The smallest absolute Gasteiger partial charge is 0.437 e. The van der Waals surface area contributed by atoms with Gasteiger partial charge in [-0.2, -0.15) is 0 Å². The second-order valence-electron chi connectivity index (χ2n) is 11.4. The summed E-state index contributed by atoms with van der Waals surface area (Å²) in [5.74, 6) is 0.570. The molecule has 0 aliphatic heterocycles. The first-order valence-corrected chi connectivity index (χ1v) is 12.7. The molecule has 0 aromatic heterocycles. The van der Waals surface area contributed by atoms with Crippen LogP contribution < -0.4 is 20.7 Å². The molecular weight excluding hydrogens is 484 g/mol. The Bertz CT molecular complexity index is 1130. The first kappa shape index (κ1) is 30.5. The van der Waals surface area contributed by atoms with E-state index in [1.54, 1.807) is 46.4 Å². The van der Waals surface area contributed by atoms with Gasteiger partial charge in [0.15, 0.2) is 0 Å². The molecule has 0 saturated heterocycles. The van der Waals surface area contributed by atoms with E-state index in [0.717, 1.165) is 5.56 Å². The fourth-order valence-electron chi connectivity index (χ4n) is 3.58. The van der Waals surface area contributed by atoms with Crippen LogP contribution in [0, 0.1) is 0 Å². The number of rotatable bonds is 7. The lowest BCUT2D eigenvalue weighted by Crippen LogP contribution is -2.44. The van der Waals surface area contributed by atoms with Crippen molar-refractivity contribution >= 4 is 23.8 Å². The van der Waals surface area contributed by atoms with Crippen LogP contribution in [0.2, 0.25) is 0 Å². The van der Waals surface area contributed by atoms with Gasteiger partial charge in [0.2, 0.25) is 5.96 Å². The number of hydrogen-bond acceptors (Lipinski definition) is 5. The molecule has 2 amide bonds. The van der Waals surface area contributed by atoms with Crippen molar-refractivity contribution in [3.63, 3.8) is 0 Å². The van der Waals surface area contributed by atoms with Gasteiger partial charge in [0, 0.05) is 17.8 Å². The molecule has 38 heavy (non-hydrogen) atoms. The highest BCUT2D eigenvalue weighted by atomic mass is 16.6. The highest BCUT2D eigenvalue weighted by molar-refractivity contribution is 6.00. The Labute approximate surface area is 226 Å². The first-order chi connectivity index (χ1) is 17.5. The number of amides is 2. The quantitative estimate of drug-likeness (QED) is 0.331. The van der Waals surface area contributed by atoms with E-state index in [1.807, 2.05) is 69.3 Å². The van der Waals surface area contributed by atoms with E-state index in [9.17, 15) is 9.59 Å². The normalized spacial score (nSPS) is 12.5. The summed E-state index contributed by atoms with van der Waals surface area (Å²) in [6, 6.07) is 15.3. The molecule has 0 bridgehead atoms. The summed E-state index contributed by atoms with van der Waals surface area (Å²) < 4.78 is 17.0. The summed E-state index contributed by atoms with van der Waals surface area (Å²) in [6.07, 6.45) is -1.33. The fourth-order valence-corrected chi connectivity index (χ4v) is 3.58. The van der Waals surface area contributed by atoms with Crippen LogP contribution in [0.1, 0.15) is 73.4 Å². The second kappa shape index (κ2) is 12.2. The molecule has 3 N–H and O–H groups in total. The molecule has 0 heterocycles. The van der Waals surface area contributed by atoms with Crippen molar-refractivity contribution in [1.82, 2.24) is 5.32 Å². The van der Waals surface area contributed by atoms with Gasteiger partial charge in [-0.3, -0.25) is 0 Å². The highest BCUT2D eigenvalue weighted by Gasteiger charge is 2.30. The van der Waals surface area contributed by atoms with Crippen LogP contribution in [0.25, 0.3) is 0 Å². The van der Waals surface area contributed by atoms with Gasteiger partial charge in [-0.1, -0.05) is 30.3 Å². The third-order valence-corrected chi connectivity index (χ3v) is 5.19. The van der Waals surface area contributed by atoms with Crippen LogP contribution in [0.5, 0.6) is 5.75 Å². The summed E-state index contributed by atoms with van der Waals surface area (Å²) in [5.41, 5.74) is 6.35. The molecule has 9 nitrogen and oxygen atoms in total. The Morgan fingerprint density at radius 3 is 2.08 bits per heavy atom. The molecule has 0 atom stereocenters. The third kappa shape index (κ3) is 9.61. The van der Waals surface area contributed by atoms with Crippen molar-refractivity contribution in [3.8, 4) is 5.75 Å². The van der Waals surface area contributed by atoms with Crippen LogP contribution in [0.15, 0.2) is 53.5 Å². The van der Waals surface area contributed by atoms with E-state index in [4.69, 9.17) is 19.9 Å². The molecule has 0 spiro atoms. The fraction of sp³-hybridized carbons (Fsp3) is 0.483. The number of nitrogens with one attached hydrogen (secondary N) is 1. The van der Waals surface area contributed by atoms with E-state index in [2.05, 4.69) is 10.3 Å². The summed E-state index contributed by atoms with van der Waals surface area (Å²) in [6.45, 7) is 17.1. The van der Waals surface area contributed by atoms with Gasteiger partial charge in [0.25, 0.3) is 0 Å². The lowest BCUT2D eigenvalue weighted by atomic mass is 9.92. The van der Waals surface area contributed by atoms with Crippen molar-refractivity contribution in [2.24, 2.45) is 10.7 Å². The summed E-state index contributed by atoms with van der Waals surface area (Å²) in [5, 5.41) is 2.94. The Morgan fingerprint density at radius 2 is 1.53 bits per heavy atom. The largest absolute Gasteiger partial charge is 0.489 e. The van der Waals surface area contributed by atoms with Crippen LogP contribution in [0.4, 0.5) is 15.3 Å². The van der Waals surface area contributed by atoms with Crippen LogP contribution >= 0.6 is 0 Å². The third-order valence-electron chi connectivity index (χ3n) is 5.19. The number of carbonyl (C=O) groups is 2. The van der Waals surface area contributed by atoms with Gasteiger partial charge in [-0.05, 0) is 86.1 Å². The number of nitrogens with two attached hydrogens (primary N) is 1. The second-order valence-corrected chi connectivity index (χ2v) is 11.4. The number of alkyl carbamates (subject to hydrolysis) is 1. The number of ether oxygens (including phenoxy) is 3. The highest BCUT2D eigenvalue weighted by Crippen LogP contribution is 2.34. The maximum atomic E-state index is 12.7. The molecule has 0 aliphatic rings. The SMILES string of the molecule is CCN(C(N)=NC(=O)OC(C)(C)C)c1ccc(OCc2ccccc2)c(C(C)(C)NC(=O)OC(C)(C)C)c1. The zero-order valence-corrected chi connectivity index (χ0v) is 24.0. The lowest BCUT2D eigenvalue weighted by Gasteiger charge is -2.32. The monoisotopic (exact) mass is 526 g/mol. The molecular formula is C29H42N4O5. The van der Waals surface area contributed by atoms with E-state index in [1.165, 1.54) is 0 Å². The van der Waals surface area contributed by atoms with Gasteiger partial charge in [0.1, 0.15) is 23.6 Å². The Morgan fingerprint density at radius 1 is 0.921 bits per heavy atom. The summed E-state index contributed by atoms with van der Waals surface area (Å²) in [7, 11) is 0. The van der Waals surface area contributed by atoms with Crippen LogP contribution in [0.3, 0.4) is 0 Å². The average molecular weight is 527 g/mol. The van der Waals surface area contributed by atoms with Crippen molar-refractivity contribution in [3.05, 3.63) is 59.7 Å².